The van der Waals surface area contributed by atoms with Crippen LogP contribution in [0.5, 0.6) is 0 Å². The Bertz CT molecular complexity index is 424. The van der Waals surface area contributed by atoms with Crippen LogP contribution in [0, 0.1) is 0 Å². The molecule has 6 nitrogen and oxygen atoms in total. The van der Waals surface area contributed by atoms with Crippen molar-refractivity contribution in [1.82, 2.24) is 4.90 Å². The van der Waals surface area contributed by atoms with E-state index in [4.69, 9.17) is 15.2 Å². The van der Waals surface area contributed by atoms with Crippen LogP contribution in [0.25, 0.3) is 0 Å². The molecule has 0 aromatic heterocycles. The number of ether oxygens (including phenoxy) is 2. The summed E-state index contributed by atoms with van der Waals surface area (Å²) in [6, 6.07) is 0. The zero-order valence-electron chi connectivity index (χ0n) is 13.4. The largest absolute Gasteiger partial charge is 0.461 e. The molecule has 0 atom stereocenters. The quantitative estimate of drug-likeness (QED) is 0.624. The number of nitrogens with zero attached hydrogens (tertiary/aromatic N) is 1. The average Bonchev–Trinajstić information content (AvgIpc) is 2.61. The maximum absolute atomic E-state index is 12.0. The van der Waals surface area contributed by atoms with Crippen LogP contribution in [0.15, 0.2) is 11.3 Å². The maximum atomic E-state index is 12.0. The first-order valence-corrected chi connectivity index (χ1v) is 7.37. The van der Waals surface area contributed by atoms with Gasteiger partial charge in [0.1, 0.15) is 11.3 Å². The number of carbonyl (C=O) groups excluding carboxylic acids is 2. The minimum absolute atomic E-state index is 0.183. The van der Waals surface area contributed by atoms with E-state index in [0.717, 1.165) is 12.0 Å². The standard InChI is InChI=1S/C15H26N2O4/c1-5-20-13(18)12(16)11-7-6-9-17(10-8-11)14(19)21-15(2,3)4/h5-10,16H2,1-4H3/b12-11+. The van der Waals surface area contributed by atoms with E-state index in [2.05, 4.69) is 0 Å². The summed E-state index contributed by atoms with van der Waals surface area (Å²) < 4.78 is 10.3. The van der Waals surface area contributed by atoms with Crippen molar-refractivity contribution in [2.45, 2.75) is 52.6 Å². The smallest absolute Gasteiger partial charge is 0.410 e. The number of rotatable bonds is 2. The highest BCUT2D eigenvalue weighted by Gasteiger charge is 2.25. The Morgan fingerprint density at radius 3 is 2.48 bits per heavy atom. The summed E-state index contributed by atoms with van der Waals surface area (Å²) in [5, 5.41) is 0. The number of nitrogens with two attached hydrogens (primary N) is 1. The van der Waals surface area contributed by atoms with E-state index in [1.165, 1.54) is 0 Å². The number of amides is 1. The second-order valence-electron chi connectivity index (χ2n) is 6.06. The summed E-state index contributed by atoms with van der Waals surface area (Å²) >= 11 is 0. The summed E-state index contributed by atoms with van der Waals surface area (Å²) in [5.41, 5.74) is 6.38. The Kier molecular flexibility index (Phi) is 6.05. The maximum Gasteiger partial charge on any atom is 0.410 e. The molecule has 1 fully saturated rings. The molecule has 0 aliphatic carbocycles. The topological polar surface area (TPSA) is 81.9 Å². The van der Waals surface area contributed by atoms with Gasteiger partial charge in [0.25, 0.3) is 0 Å². The number of carbonyl (C=O) groups is 2. The molecule has 2 N–H and O–H groups in total. The zero-order valence-corrected chi connectivity index (χ0v) is 13.4. The SMILES string of the molecule is CCOC(=O)/C(N)=C1/CCCN(C(=O)OC(C)(C)C)CC1. The van der Waals surface area contributed by atoms with Crippen LogP contribution in [0.3, 0.4) is 0 Å². The van der Waals surface area contributed by atoms with E-state index in [-0.39, 0.29) is 11.8 Å². The van der Waals surface area contributed by atoms with Gasteiger partial charge < -0.3 is 20.1 Å². The molecule has 6 heteroatoms. The van der Waals surface area contributed by atoms with Crippen LogP contribution in [0.4, 0.5) is 4.79 Å². The molecule has 0 spiro atoms. The fourth-order valence-corrected chi connectivity index (χ4v) is 2.12. The van der Waals surface area contributed by atoms with Gasteiger partial charge in [-0.25, -0.2) is 9.59 Å². The fourth-order valence-electron chi connectivity index (χ4n) is 2.12. The lowest BCUT2D eigenvalue weighted by Crippen LogP contribution is -2.37. The van der Waals surface area contributed by atoms with Gasteiger partial charge in [-0.1, -0.05) is 0 Å². The molecule has 0 bridgehead atoms. The monoisotopic (exact) mass is 298 g/mol. The number of hydrogen-bond acceptors (Lipinski definition) is 5. The van der Waals surface area contributed by atoms with E-state index >= 15 is 0 Å². The lowest BCUT2D eigenvalue weighted by atomic mass is 10.1. The van der Waals surface area contributed by atoms with Crippen LogP contribution in [-0.4, -0.2) is 42.3 Å². The molecule has 0 saturated carbocycles. The highest BCUT2D eigenvalue weighted by atomic mass is 16.6. The van der Waals surface area contributed by atoms with E-state index in [0.29, 0.717) is 32.5 Å². The molecular formula is C15H26N2O4. The molecule has 1 rings (SSSR count). The van der Waals surface area contributed by atoms with E-state index in [1.807, 2.05) is 20.8 Å². The Hall–Kier alpha value is -1.72. The van der Waals surface area contributed by atoms with E-state index in [9.17, 15) is 9.59 Å². The fraction of sp³-hybridized carbons (Fsp3) is 0.733. The van der Waals surface area contributed by atoms with Crippen molar-refractivity contribution in [3.8, 4) is 0 Å². The molecule has 1 aliphatic rings. The van der Waals surface area contributed by atoms with Gasteiger partial charge in [-0.3, -0.25) is 0 Å². The van der Waals surface area contributed by atoms with Crippen molar-refractivity contribution in [1.29, 1.82) is 0 Å². The lowest BCUT2D eigenvalue weighted by molar-refractivity contribution is -0.138. The van der Waals surface area contributed by atoms with Crippen molar-refractivity contribution < 1.29 is 19.1 Å². The third kappa shape index (κ3) is 5.65. The molecule has 1 amide bonds. The van der Waals surface area contributed by atoms with Crippen molar-refractivity contribution in [2.24, 2.45) is 5.73 Å². The second kappa shape index (κ2) is 7.33. The first kappa shape index (κ1) is 17.3. The normalized spacial score (nSPS) is 18.8. The minimum Gasteiger partial charge on any atom is -0.461 e. The summed E-state index contributed by atoms with van der Waals surface area (Å²) in [7, 11) is 0. The molecule has 0 unspecified atom stereocenters. The molecule has 1 saturated heterocycles. The number of likely N-dealkylation sites (tertiary alicyclic amines) is 1. The van der Waals surface area contributed by atoms with E-state index < -0.39 is 11.6 Å². The van der Waals surface area contributed by atoms with Gasteiger partial charge in [0.05, 0.1) is 6.61 Å². The van der Waals surface area contributed by atoms with Crippen molar-refractivity contribution in [2.75, 3.05) is 19.7 Å². The Labute approximate surface area is 126 Å². The van der Waals surface area contributed by atoms with Gasteiger partial charge >= 0.3 is 12.1 Å². The van der Waals surface area contributed by atoms with Crippen LogP contribution in [-0.2, 0) is 14.3 Å². The van der Waals surface area contributed by atoms with Gasteiger partial charge in [-0.05, 0) is 52.5 Å². The van der Waals surface area contributed by atoms with Crippen LogP contribution in [0.2, 0.25) is 0 Å². The van der Waals surface area contributed by atoms with Crippen LogP contribution < -0.4 is 5.73 Å². The van der Waals surface area contributed by atoms with Crippen molar-refractivity contribution in [3.05, 3.63) is 11.3 Å². The van der Waals surface area contributed by atoms with Crippen molar-refractivity contribution >= 4 is 12.1 Å². The summed E-state index contributed by atoms with van der Waals surface area (Å²) in [5.74, 6) is -0.474. The first-order chi connectivity index (χ1) is 9.74. The molecule has 0 aromatic carbocycles. The molecular weight excluding hydrogens is 272 g/mol. The molecule has 0 radical (unpaired) electrons. The lowest BCUT2D eigenvalue weighted by Gasteiger charge is -2.26. The van der Waals surface area contributed by atoms with Crippen LogP contribution in [0.1, 0.15) is 47.0 Å². The highest BCUT2D eigenvalue weighted by Crippen LogP contribution is 2.20. The molecule has 1 aliphatic heterocycles. The minimum atomic E-state index is -0.508. The Morgan fingerprint density at radius 1 is 1.24 bits per heavy atom. The third-order valence-electron chi connectivity index (χ3n) is 3.12. The summed E-state index contributed by atoms with van der Waals surface area (Å²) in [4.78, 5) is 25.4. The summed E-state index contributed by atoms with van der Waals surface area (Å²) in [6.07, 6.45) is 1.71. The first-order valence-electron chi connectivity index (χ1n) is 7.37. The van der Waals surface area contributed by atoms with Gasteiger partial charge in [0, 0.05) is 13.1 Å². The van der Waals surface area contributed by atoms with Crippen LogP contribution >= 0.6 is 0 Å². The van der Waals surface area contributed by atoms with E-state index in [1.54, 1.807) is 11.8 Å². The second-order valence-corrected chi connectivity index (χ2v) is 6.06. The Balaban J connectivity index is 2.68. The molecule has 0 aromatic rings. The zero-order chi connectivity index (χ0) is 16.0. The molecule has 120 valence electrons. The molecule has 1 heterocycles. The third-order valence-corrected chi connectivity index (χ3v) is 3.12. The Morgan fingerprint density at radius 2 is 1.90 bits per heavy atom. The highest BCUT2D eigenvalue weighted by molar-refractivity contribution is 5.88. The van der Waals surface area contributed by atoms with Gasteiger partial charge in [0.15, 0.2) is 0 Å². The predicted molar refractivity (Wildman–Crippen MR) is 79.5 cm³/mol. The average molecular weight is 298 g/mol. The van der Waals surface area contributed by atoms with Gasteiger partial charge in [-0.2, -0.15) is 0 Å². The molecule has 21 heavy (non-hydrogen) atoms. The van der Waals surface area contributed by atoms with Crippen molar-refractivity contribution in [3.63, 3.8) is 0 Å². The predicted octanol–water partition coefficient (Wildman–Crippen LogP) is 2.18. The number of esters is 1. The van der Waals surface area contributed by atoms with Gasteiger partial charge in [-0.15, -0.1) is 0 Å². The van der Waals surface area contributed by atoms with Gasteiger partial charge in [0.2, 0.25) is 0 Å². The number of hydrogen-bond donors (Lipinski definition) is 1. The summed E-state index contributed by atoms with van der Waals surface area (Å²) in [6.45, 7) is 8.68.